The first-order valence-corrected chi connectivity index (χ1v) is 7.50. The van der Waals surface area contributed by atoms with Crippen molar-refractivity contribution in [3.63, 3.8) is 0 Å². The van der Waals surface area contributed by atoms with Gasteiger partial charge in [-0.1, -0.05) is 26.0 Å². The first kappa shape index (κ1) is 17.0. The number of guanidine groups is 1. The smallest absolute Gasteiger partial charge is 0.222 e. The standard InChI is InChI=1S/C16H26N4O/c1-4-12(3)19-15(21)9-10-18-16(17)20-14-8-6-7-13(5-2)11-14/h6-8,11-12H,4-5,9-10H2,1-3H3,(H,19,21)(H3,17,18,20). The minimum Gasteiger partial charge on any atom is -0.370 e. The second kappa shape index (κ2) is 9.00. The van der Waals surface area contributed by atoms with Crippen LogP contribution in [0.3, 0.4) is 0 Å². The van der Waals surface area contributed by atoms with Gasteiger partial charge >= 0.3 is 0 Å². The van der Waals surface area contributed by atoms with Gasteiger partial charge in [0.1, 0.15) is 0 Å². The van der Waals surface area contributed by atoms with E-state index in [1.165, 1.54) is 5.56 Å². The molecular weight excluding hydrogens is 264 g/mol. The van der Waals surface area contributed by atoms with E-state index in [1.54, 1.807) is 0 Å². The van der Waals surface area contributed by atoms with Crippen LogP contribution in [0.15, 0.2) is 29.3 Å². The number of nitrogens with one attached hydrogen (secondary N) is 2. The average molecular weight is 290 g/mol. The molecule has 4 N–H and O–H groups in total. The number of nitrogens with two attached hydrogens (primary N) is 1. The topological polar surface area (TPSA) is 79.5 Å². The number of aliphatic imine (C=N–C) groups is 1. The van der Waals surface area contributed by atoms with Crippen LogP contribution in [-0.2, 0) is 11.2 Å². The summed E-state index contributed by atoms with van der Waals surface area (Å²) in [5, 5.41) is 5.94. The molecule has 0 aromatic heterocycles. The van der Waals surface area contributed by atoms with Gasteiger partial charge in [0.05, 0.1) is 6.54 Å². The maximum absolute atomic E-state index is 11.6. The highest BCUT2D eigenvalue weighted by Crippen LogP contribution is 2.10. The summed E-state index contributed by atoms with van der Waals surface area (Å²) in [4.78, 5) is 15.8. The predicted octanol–water partition coefficient (Wildman–Crippen LogP) is 2.28. The van der Waals surface area contributed by atoms with Crippen LogP contribution in [0.4, 0.5) is 5.69 Å². The van der Waals surface area contributed by atoms with Crippen molar-refractivity contribution in [2.75, 3.05) is 11.9 Å². The van der Waals surface area contributed by atoms with Crippen LogP contribution in [0.1, 0.15) is 39.2 Å². The summed E-state index contributed by atoms with van der Waals surface area (Å²) >= 11 is 0. The minimum absolute atomic E-state index is 0.00822. The second-order valence-electron chi connectivity index (χ2n) is 5.07. The van der Waals surface area contributed by atoms with Crippen molar-refractivity contribution in [1.82, 2.24) is 5.32 Å². The van der Waals surface area contributed by atoms with Gasteiger partial charge in [-0.2, -0.15) is 0 Å². The van der Waals surface area contributed by atoms with Crippen molar-refractivity contribution >= 4 is 17.6 Å². The SMILES string of the molecule is CCc1cccc(NC(N)=NCCC(=O)NC(C)CC)c1. The number of rotatable bonds is 7. The number of anilines is 1. The number of carbonyl (C=O) groups is 1. The monoisotopic (exact) mass is 290 g/mol. The quantitative estimate of drug-likeness (QED) is 0.532. The lowest BCUT2D eigenvalue weighted by atomic mass is 10.1. The molecule has 0 saturated heterocycles. The van der Waals surface area contributed by atoms with Gasteiger partial charge in [0.15, 0.2) is 5.96 Å². The van der Waals surface area contributed by atoms with E-state index >= 15 is 0 Å². The molecule has 0 aliphatic carbocycles. The Bertz CT molecular complexity index is 485. The van der Waals surface area contributed by atoms with Crippen LogP contribution in [-0.4, -0.2) is 24.5 Å². The fraction of sp³-hybridized carbons (Fsp3) is 0.500. The Hall–Kier alpha value is -2.04. The lowest BCUT2D eigenvalue weighted by Gasteiger charge is -2.10. The van der Waals surface area contributed by atoms with Crippen molar-refractivity contribution in [3.05, 3.63) is 29.8 Å². The molecule has 1 atom stereocenters. The van der Waals surface area contributed by atoms with E-state index < -0.39 is 0 Å². The lowest BCUT2D eigenvalue weighted by Crippen LogP contribution is -2.32. The molecule has 1 rings (SSSR count). The highest BCUT2D eigenvalue weighted by Gasteiger charge is 2.04. The number of nitrogens with zero attached hydrogens (tertiary/aromatic N) is 1. The molecule has 0 radical (unpaired) electrons. The van der Waals surface area contributed by atoms with E-state index in [0.29, 0.717) is 18.9 Å². The molecule has 1 aromatic rings. The molecule has 0 aliphatic rings. The lowest BCUT2D eigenvalue weighted by molar-refractivity contribution is -0.121. The molecular formula is C16H26N4O. The van der Waals surface area contributed by atoms with Gasteiger partial charge in [0, 0.05) is 18.2 Å². The van der Waals surface area contributed by atoms with Gasteiger partial charge < -0.3 is 16.4 Å². The van der Waals surface area contributed by atoms with E-state index in [-0.39, 0.29) is 11.9 Å². The van der Waals surface area contributed by atoms with Crippen molar-refractivity contribution in [2.45, 2.75) is 46.1 Å². The second-order valence-corrected chi connectivity index (χ2v) is 5.07. The summed E-state index contributed by atoms with van der Waals surface area (Å²) in [5.41, 5.74) is 7.97. The molecule has 1 unspecified atom stereocenters. The molecule has 5 heteroatoms. The molecule has 1 amide bonds. The van der Waals surface area contributed by atoms with Crippen molar-refractivity contribution < 1.29 is 4.79 Å². The van der Waals surface area contributed by atoms with Gasteiger partial charge in [-0.15, -0.1) is 0 Å². The first-order valence-electron chi connectivity index (χ1n) is 7.50. The highest BCUT2D eigenvalue weighted by atomic mass is 16.1. The Morgan fingerprint density at radius 3 is 2.81 bits per heavy atom. The third-order valence-electron chi connectivity index (χ3n) is 3.25. The highest BCUT2D eigenvalue weighted by molar-refractivity contribution is 5.92. The number of hydrogen-bond acceptors (Lipinski definition) is 2. The Morgan fingerprint density at radius 2 is 2.14 bits per heavy atom. The Kier molecular flexibility index (Phi) is 7.29. The zero-order valence-electron chi connectivity index (χ0n) is 13.1. The minimum atomic E-state index is 0.00822. The third kappa shape index (κ3) is 6.79. The average Bonchev–Trinajstić information content (AvgIpc) is 2.47. The summed E-state index contributed by atoms with van der Waals surface area (Å²) in [6.07, 6.45) is 2.25. The zero-order chi connectivity index (χ0) is 15.7. The first-order chi connectivity index (χ1) is 10.0. The van der Waals surface area contributed by atoms with Crippen LogP contribution >= 0.6 is 0 Å². The largest absolute Gasteiger partial charge is 0.370 e. The molecule has 0 heterocycles. The van der Waals surface area contributed by atoms with Crippen LogP contribution in [0, 0.1) is 0 Å². The van der Waals surface area contributed by atoms with Crippen molar-refractivity contribution in [3.8, 4) is 0 Å². The number of amides is 1. The van der Waals surface area contributed by atoms with Crippen LogP contribution < -0.4 is 16.4 Å². The summed E-state index contributed by atoms with van der Waals surface area (Å²) in [6, 6.07) is 8.23. The molecule has 5 nitrogen and oxygen atoms in total. The summed E-state index contributed by atoms with van der Waals surface area (Å²) < 4.78 is 0. The zero-order valence-corrected chi connectivity index (χ0v) is 13.1. The van der Waals surface area contributed by atoms with Gasteiger partial charge in [0.25, 0.3) is 0 Å². The van der Waals surface area contributed by atoms with Crippen LogP contribution in [0.5, 0.6) is 0 Å². The van der Waals surface area contributed by atoms with Crippen molar-refractivity contribution in [2.24, 2.45) is 10.7 Å². The third-order valence-corrected chi connectivity index (χ3v) is 3.25. The Balaban J connectivity index is 2.40. The molecule has 21 heavy (non-hydrogen) atoms. The molecule has 0 fully saturated rings. The van der Waals surface area contributed by atoms with E-state index in [9.17, 15) is 4.79 Å². The summed E-state index contributed by atoms with van der Waals surface area (Å²) in [6.45, 7) is 6.51. The number of hydrogen-bond donors (Lipinski definition) is 3. The van der Waals surface area contributed by atoms with E-state index in [2.05, 4.69) is 28.6 Å². The van der Waals surface area contributed by atoms with E-state index in [0.717, 1.165) is 18.5 Å². The normalized spacial score (nSPS) is 12.8. The van der Waals surface area contributed by atoms with Gasteiger partial charge in [-0.25, -0.2) is 0 Å². The maximum Gasteiger partial charge on any atom is 0.222 e. The fourth-order valence-electron chi connectivity index (χ4n) is 1.78. The van der Waals surface area contributed by atoms with Gasteiger partial charge in [0.2, 0.25) is 5.91 Å². The van der Waals surface area contributed by atoms with E-state index in [4.69, 9.17) is 5.73 Å². The summed E-state index contributed by atoms with van der Waals surface area (Å²) in [7, 11) is 0. The van der Waals surface area contributed by atoms with Crippen LogP contribution in [0.2, 0.25) is 0 Å². The predicted molar refractivity (Wildman–Crippen MR) is 88.4 cm³/mol. The fourth-order valence-corrected chi connectivity index (χ4v) is 1.78. The molecule has 116 valence electrons. The number of benzene rings is 1. The molecule has 0 saturated carbocycles. The molecule has 0 spiro atoms. The summed E-state index contributed by atoms with van der Waals surface area (Å²) in [5.74, 6) is 0.341. The number of aryl methyl sites for hydroxylation is 1. The van der Waals surface area contributed by atoms with Crippen molar-refractivity contribution in [1.29, 1.82) is 0 Å². The maximum atomic E-state index is 11.6. The van der Waals surface area contributed by atoms with E-state index in [1.807, 2.05) is 32.0 Å². The molecule has 0 aliphatic heterocycles. The van der Waals surface area contributed by atoms with Gasteiger partial charge in [-0.3, -0.25) is 9.79 Å². The number of carbonyl (C=O) groups excluding carboxylic acids is 1. The molecule has 0 bridgehead atoms. The Labute approximate surface area is 127 Å². The molecule has 1 aromatic carbocycles. The van der Waals surface area contributed by atoms with Gasteiger partial charge in [-0.05, 0) is 37.5 Å². The Morgan fingerprint density at radius 1 is 1.38 bits per heavy atom. The van der Waals surface area contributed by atoms with Crippen LogP contribution in [0.25, 0.3) is 0 Å².